The number of aryl methyl sites for hydroxylation is 1. The molecule has 0 aliphatic carbocycles. The first-order valence-corrected chi connectivity index (χ1v) is 6.26. The normalized spacial score (nSPS) is 10.9. The van der Waals surface area contributed by atoms with Crippen LogP contribution in [0.5, 0.6) is 0 Å². The van der Waals surface area contributed by atoms with E-state index in [9.17, 15) is 4.79 Å². The van der Waals surface area contributed by atoms with Crippen molar-refractivity contribution in [2.75, 3.05) is 0 Å². The van der Waals surface area contributed by atoms with Gasteiger partial charge < -0.3 is 9.40 Å². The fourth-order valence-electron chi connectivity index (χ4n) is 1.68. The molecule has 0 bridgehead atoms. The zero-order valence-corrected chi connectivity index (χ0v) is 10.5. The summed E-state index contributed by atoms with van der Waals surface area (Å²) in [4.78, 5) is 19.3. The van der Waals surface area contributed by atoms with E-state index in [0.29, 0.717) is 10.9 Å². The molecule has 0 atom stereocenters. The van der Waals surface area contributed by atoms with Crippen molar-refractivity contribution in [3.05, 3.63) is 47.9 Å². The first-order chi connectivity index (χ1) is 8.72. The molecule has 0 saturated carbocycles. The van der Waals surface area contributed by atoms with Crippen LogP contribution in [0.3, 0.4) is 0 Å². The van der Waals surface area contributed by atoms with Crippen molar-refractivity contribution in [3.8, 4) is 0 Å². The van der Waals surface area contributed by atoms with Crippen LogP contribution in [0.4, 0.5) is 0 Å². The third kappa shape index (κ3) is 2.04. The highest BCUT2D eigenvalue weighted by Crippen LogP contribution is 2.23. The number of furan rings is 1. The van der Waals surface area contributed by atoms with Gasteiger partial charge in [0.05, 0.1) is 17.3 Å². The van der Waals surface area contributed by atoms with Crippen LogP contribution in [0.25, 0.3) is 11.0 Å². The third-order valence-electron chi connectivity index (χ3n) is 2.53. The Morgan fingerprint density at radius 2 is 2.28 bits per heavy atom. The Morgan fingerprint density at radius 3 is 3.06 bits per heavy atom. The van der Waals surface area contributed by atoms with E-state index in [4.69, 9.17) is 4.42 Å². The maximum absolute atomic E-state index is 11.8. The maximum atomic E-state index is 11.8. The summed E-state index contributed by atoms with van der Waals surface area (Å²) >= 11 is 1.03. The fourth-order valence-corrected chi connectivity index (χ4v) is 2.38. The minimum Gasteiger partial charge on any atom is -0.460 e. The molecular formula is C13H10N2O2S. The van der Waals surface area contributed by atoms with Crippen molar-refractivity contribution in [1.82, 2.24) is 9.97 Å². The number of aromatic amines is 1. The molecule has 90 valence electrons. The molecule has 3 rings (SSSR count). The van der Waals surface area contributed by atoms with Crippen molar-refractivity contribution in [3.63, 3.8) is 0 Å². The number of nitrogens with one attached hydrogen (secondary N) is 1. The molecule has 18 heavy (non-hydrogen) atoms. The highest BCUT2D eigenvalue weighted by Gasteiger charge is 2.13. The average molecular weight is 258 g/mol. The highest BCUT2D eigenvalue weighted by atomic mass is 32.2. The molecule has 1 N–H and O–H groups in total. The Hall–Kier alpha value is -2.01. The fraction of sp³-hybridized carbons (Fsp3) is 0.0769. The lowest BCUT2D eigenvalue weighted by atomic mass is 10.2. The summed E-state index contributed by atoms with van der Waals surface area (Å²) in [6.45, 7) is 2.01. The molecular weight excluding hydrogens is 248 g/mol. The summed E-state index contributed by atoms with van der Waals surface area (Å²) < 4.78 is 5.05. The molecule has 2 aromatic heterocycles. The van der Waals surface area contributed by atoms with E-state index in [1.807, 2.05) is 25.1 Å². The van der Waals surface area contributed by atoms with Crippen LogP contribution in [-0.4, -0.2) is 15.1 Å². The minimum atomic E-state index is -0.157. The molecule has 0 amide bonds. The number of H-pyrrole nitrogens is 1. The van der Waals surface area contributed by atoms with Gasteiger partial charge >= 0.3 is 0 Å². The highest BCUT2D eigenvalue weighted by molar-refractivity contribution is 8.14. The smallest absolute Gasteiger partial charge is 0.262 e. The van der Waals surface area contributed by atoms with E-state index in [0.717, 1.165) is 28.4 Å². The largest absolute Gasteiger partial charge is 0.460 e. The molecule has 2 heterocycles. The second-order valence-corrected chi connectivity index (χ2v) is 4.89. The first kappa shape index (κ1) is 11.1. The van der Waals surface area contributed by atoms with Crippen molar-refractivity contribution < 1.29 is 9.21 Å². The molecule has 3 aromatic rings. The molecule has 0 aliphatic rings. The lowest BCUT2D eigenvalue weighted by molar-refractivity contribution is 0.106. The number of rotatable bonds is 2. The van der Waals surface area contributed by atoms with Gasteiger partial charge in [-0.15, -0.1) is 0 Å². The van der Waals surface area contributed by atoms with E-state index in [2.05, 4.69) is 9.97 Å². The zero-order chi connectivity index (χ0) is 12.5. The van der Waals surface area contributed by atoms with Gasteiger partial charge in [0.25, 0.3) is 5.12 Å². The van der Waals surface area contributed by atoms with Crippen LogP contribution in [0, 0.1) is 6.92 Å². The molecule has 1 aromatic carbocycles. The van der Waals surface area contributed by atoms with Crippen LogP contribution in [0.1, 0.15) is 16.1 Å². The molecule has 4 nitrogen and oxygen atoms in total. The number of aromatic nitrogens is 2. The lowest BCUT2D eigenvalue weighted by Gasteiger charge is -1.92. The summed E-state index contributed by atoms with van der Waals surface area (Å²) in [6.07, 6.45) is 1.48. The lowest BCUT2D eigenvalue weighted by Crippen LogP contribution is -1.90. The van der Waals surface area contributed by atoms with Crippen molar-refractivity contribution >= 4 is 27.9 Å². The van der Waals surface area contributed by atoms with Gasteiger partial charge in [0.2, 0.25) is 0 Å². The summed E-state index contributed by atoms with van der Waals surface area (Å²) in [5, 5.41) is 0.424. The van der Waals surface area contributed by atoms with E-state index in [1.54, 1.807) is 12.1 Å². The number of hydrogen-bond acceptors (Lipinski definition) is 4. The Morgan fingerprint density at radius 1 is 1.39 bits per heavy atom. The van der Waals surface area contributed by atoms with E-state index < -0.39 is 0 Å². The third-order valence-corrected chi connectivity index (χ3v) is 3.30. The van der Waals surface area contributed by atoms with Gasteiger partial charge in [0.15, 0.2) is 10.9 Å². The predicted octanol–water partition coefficient (Wildman–Crippen LogP) is 3.40. The first-order valence-electron chi connectivity index (χ1n) is 5.44. The monoisotopic (exact) mass is 258 g/mol. The van der Waals surface area contributed by atoms with Crippen LogP contribution in [-0.2, 0) is 0 Å². The number of thioether (sulfide) groups is 1. The van der Waals surface area contributed by atoms with Crippen molar-refractivity contribution in [1.29, 1.82) is 0 Å². The summed E-state index contributed by atoms with van der Waals surface area (Å²) in [5.41, 5.74) is 2.94. The van der Waals surface area contributed by atoms with Crippen molar-refractivity contribution in [2.45, 2.75) is 12.1 Å². The number of carbonyl (C=O) groups is 1. The van der Waals surface area contributed by atoms with Gasteiger partial charge in [-0.25, -0.2) is 4.98 Å². The number of carbonyl (C=O) groups excluding carboxylic acids is 1. The second kappa shape index (κ2) is 4.34. The van der Waals surface area contributed by atoms with Gasteiger partial charge in [-0.3, -0.25) is 4.79 Å². The molecule has 0 saturated heterocycles. The maximum Gasteiger partial charge on any atom is 0.262 e. The molecule has 0 spiro atoms. The summed E-state index contributed by atoms with van der Waals surface area (Å²) in [5.74, 6) is 0.330. The van der Waals surface area contributed by atoms with Gasteiger partial charge in [0.1, 0.15) is 0 Å². The number of benzene rings is 1. The molecule has 0 unspecified atom stereocenters. The second-order valence-electron chi connectivity index (χ2n) is 3.93. The van der Waals surface area contributed by atoms with Crippen molar-refractivity contribution in [2.24, 2.45) is 0 Å². The van der Waals surface area contributed by atoms with E-state index in [-0.39, 0.29) is 5.12 Å². The number of fused-ring (bicyclic) bond motifs is 1. The molecule has 0 aliphatic heterocycles. The van der Waals surface area contributed by atoms with Gasteiger partial charge in [0, 0.05) is 0 Å². The van der Waals surface area contributed by atoms with Crippen LogP contribution in [0.2, 0.25) is 0 Å². The standard InChI is InChI=1S/C13H10N2O2S/c1-8-4-5-9-10(7-8)15-13(14-9)18-12(16)11-3-2-6-17-11/h2-7H,1H3,(H,14,15). The van der Waals surface area contributed by atoms with Gasteiger partial charge in [-0.1, -0.05) is 6.07 Å². The Bertz CT molecular complexity index is 701. The zero-order valence-electron chi connectivity index (χ0n) is 9.64. The van der Waals surface area contributed by atoms with E-state index in [1.165, 1.54) is 6.26 Å². The van der Waals surface area contributed by atoms with Crippen LogP contribution in [0.15, 0.2) is 46.2 Å². The number of nitrogens with zero attached hydrogens (tertiary/aromatic N) is 1. The predicted molar refractivity (Wildman–Crippen MR) is 69.7 cm³/mol. The van der Waals surface area contributed by atoms with Gasteiger partial charge in [-0.2, -0.15) is 0 Å². The topological polar surface area (TPSA) is 58.9 Å². The SMILES string of the molecule is Cc1ccc2nc(SC(=O)c3ccco3)[nH]c2c1. The minimum absolute atomic E-state index is 0.157. The Labute approximate surface area is 107 Å². The van der Waals surface area contributed by atoms with Crippen LogP contribution >= 0.6 is 11.8 Å². The number of hydrogen-bond donors (Lipinski definition) is 1. The molecule has 0 radical (unpaired) electrons. The molecule has 0 fully saturated rings. The Kier molecular flexibility index (Phi) is 2.68. The Balaban J connectivity index is 1.89. The summed E-state index contributed by atoms with van der Waals surface area (Å²) in [7, 11) is 0. The summed E-state index contributed by atoms with van der Waals surface area (Å²) in [6, 6.07) is 9.26. The quantitative estimate of drug-likeness (QED) is 0.716. The molecule has 5 heteroatoms. The van der Waals surface area contributed by atoms with Crippen LogP contribution < -0.4 is 0 Å². The number of imidazole rings is 1. The average Bonchev–Trinajstić information content (AvgIpc) is 2.95. The van der Waals surface area contributed by atoms with Gasteiger partial charge in [-0.05, 0) is 48.5 Å². The van der Waals surface area contributed by atoms with E-state index >= 15 is 0 Å².